The molecule has 1 amide bonds. The third kappa shape index (κ3) is 3.86. The molecule has 3 aromatic rings. The smallest absolute Gasteiger partial charge is 0.220 e. The maximum absolute atomic E-state index is 12.5. The highest BCUT2D eigenvalue weighted by Crippen LogP contribution is 2.22. The maximum Gasteiger partial charge on any atom is 0.220 e. The summed E-state index contributed by atoms with van der Waals surface area (Å²) in [5, 5.41) is 12.1. The third-order valence-corrected chi connectivity index (χ3v) is 5.50. The first-order valence-electron chi connectivity index (χ1n) is 9.68. The summed E-state index contributed by atoms with van der Waals surface area (Å²) in [5.74, 6) is 0.0400. The van der Waals surface area contributed by atoms with Crippen molar-refractivity contribution in [3.8, 4) is 5.69 Å². The Morgan fingerprint density at radius 3 is 2.50 bits per heavy atom. The number of hydrogen-bond donors (Lipinski definition) is 1. The van der Waals surface area contributed by atoms with Gasteiger partial charge in [0.2, 0.25) is 5.91 Å². The molecule has 0 spiro atoms. The summed E-state index contributed by atoms with van der Waals surface area (Å²) in [5.41, 5.74) is 7.58. The van der Waals surface area contributed by atoms with Gasteiger partial charge in [-0.3, -0.25) is 9.48 Å². The zero-order valence-corrected chi connectivity index (χ0v) is 17.6. The lowest BCUT2D eigenvalue weighted by molar-refractivity contribution is -0.121. The maximum atomic E-state index is 12.5. The van der Waals surface area contributed by atoms with Crippen LogP contribution in [0.1, 0.15) is 53.2 Å². The monoisotopic (exact) mass is 379 g/mol. The quantitative estimate of drug-likeness (QED) is 0.711. The molecule has 28 heavy (non-hydrogen) atoms. The number of aryl methyl sites for hydroxylation is 3. The predicted molar refractivity (Wildman–Crippen MR) is 111 cm³/mol. The van der Waals surface area contributed by atoms with Crippen LogP contribution in [0.25, 0.3) is 5.69 Å². The summed E-state index contributed by atoms with van der Waals surface area (Å²) >= 11 is 0. The molecule has 1 atom stereocenters. The van der Waals surface area contributed by atoms with Gasteiger partial charge in [0.1, 0.15) is 0 Å². The molecular formula is C22H29N5O. The summed E-state index contributed by atoms with van der Waals surface area (Å²) in [6, 6.07) is 8.07. The first-order chi connectivity index (χ1) is 13.3. The van der Waals surface area contributed by atoms with Gasteiger partial charge in [0.15, 0.2) is 0 Å². The molecule has 0 aliphatic carbocycles. The van der Waals surface area contributed by atoms with E-state index in [0.29, 0.717) is 12.8 Å². The van der Waals surface area contributed by atoms with Crippen molar-refractivity contribution in [3.63, 3.8) is 0 Å². The van der Waals surface area contributed by atoms with Gasteiger partial charge in [-0.15, -0.1) is 0 Å². The number of amides is 1. The van der Waals surface area contributed by atoms with E-state index in [9.17, 15) is 4.79 Å². The van der Waals surface area contributed by atoms with E-state index in [0.717, 1.165) is 33.9 Å². The molecule has 6 nitrogen and oxygen atoms in total. The van der Waals surface area contributed by atoms with Crippen molar-refractivity contribution in [1.29, 1.82) is 0 Å². The Bertz CT molecular complexity index is 999. The van der Waals surface area contributed by atoms with Crippen molar-refractivity contribution in [1.82, 2.24) is 24.9 Å². The number of benzene rings is 1. The number of carbonyl (C=O) groups is 1. The SMILES string of the molecule is Cc1ccccc1-n1ncc([C@@H](C)NC(=O)CCc2c(C)nn(C)c2C)c1C. The van der Waals surface area contributed by atoms with Gasteiger partial charge in [-0.1, -0.05) is 18.2 Å². The summed E-state index contributed by atoms with van der Waals surface area (Å²) < 4.78 is 3.81. The molecule has 0 aliphatic heterocycles. The molecule has 0 fully saturated rings. The third-order valence-electron chi connectivity index (χ3n) is 5.50. The minimum Gasteiger partial charge on any atom is -0.349 e. The minimum absolute atomic E-state index is 0.0400. The van der Waals surface area contributed by atoms with Crippen molar-refractivity contribution in [2.45, 2.75) is 53.5 Å². The van der Waals surface area contributed by atoms with Crippen LogP contribution < -0.4 is 5.32 Å². The van der Waals surface area contributed by atoms with Gasteiger partial charge in [-0.05, 0) is 58.2 Å². The van der Waals surface area contributed by atoms with Crippen molar-refractivity contribution >= 4 is 5.91 Å². The second-order valence-corrected chi connectivity index (χ2v) is 7.45. The fourth-order valence-electron chi connectivity index (χ4n) is 3.70. The summed E-state index contributed by atoms with van der Waals surface area (Å²) in [4.78, 5) is 12.5. The van der Waals surface area contributed by atoms with E-state index >= 15 is 0 Å². The average Bonchev–Trinajstić information content (AvgIpc) is 3.13. The van der Waals surface area contributed by atoms with E-state index in [1.807, 2.05) is 62.4 Å². The second-order valence-electron chi connectivity index (χ2n) is 7.45. The van der Waals surface area contributed by atoms with Crippen LogP contribution in [-0.2, 0) is 18.3 Å². The molecule has 0 bridgehead atoms. The zero-order valence-electron chi connectivity index (χ0n) is 17.6. The molecule has 0 aliphatic rings. The minimum atomic E-state index is -0.0960. The Morgan fingerprint density at radius 1 is 1.14 bits per heavy atom. The number of para-hydroxylation sites is 1. The topological polar surface area (TPSA) is 64.7 Å². The number of carbonyl (C=O) groups excluding carboxylic acids is 1. The molecular weight excluding hydrogens is 350 g/mol. The van der Waals surface area contributed by atoms with Crippen LogP contribution in [0.4, 0.5) is 0 Å². The lowest BCUT2D eigenvalue weighted by atomic mass is 10.1. The van der Waals surface area contributed by atoms with E-state index in [1.165, 1.54) is 5.56 Å². The Morgan fingerprint density at radius 2 is 1.86 bits per heavy atom. The van der Waals surface area contributed by atoms with Crippen molar-refractivity contribution in [2.75, 3.05) is 0 Å². The lowest BCUT2D eigenvalue weighted by Crippen LogP contribution is -2.27. The van der Waals surface area contributed by atoms with E-state index in [2.05, 4.69) is 34.6 Å². The van der Waals surface area contributed by atoms with Gasteiger partial charge in [0.05, 0.1) is 23.6 Å². The number of nitrogens with zero attached hydrogens (tertiary/aromatic N) is 4. The van der Waals surface area contributed by atoms with Gasteiger partial charge in [-0.2, -0.15) is 10.2 Å². The largest absolute Gasteiger partial charge is 0.349 e. The van der Waals surface area contributed by atoms with Gasteiger partial charge in [0.25, 0.3) is 0 Å². The number of aromatic nitrogens is 4. The van der Waals surface area contributed by atoms with Crippen LogP contribution in [0.3, 0.4) is 0 Å². The fraction of sp³-hybridized carbons (Fsp3) is 0.409. The number of hydrogen-bond acceptors (Lipinski definition) is 3. The molecule has 0 radical (unpaired) electrons. The molecule has 2 aromatic heterocycles. The van der Waals surface area contributed by atoms with Crippen LogP contribution in [0.5, 0.6) is 0 Å². The van der Waals surface area contributed by atoms with Gasteiger partial charge in [-0.25, -0.2) is 4.68 Å². The normalized spacial score (nSPS) is 12.2. The molecule has 0 saturated heterocycles. The molecule has 0 unspecified atom stereocenters. The van der Waals surface area contributed by atoms with Crippen LogP contribution in [0.2, 0.25) is 0 Å². The molecule has 6 heteroatoms. The van der Waals surface area contributed by atoms with Gasteiger partial charge in [0, 0.05) is 30.4 Å². The summed E-state index contributed by atoms with van der Waals surface area (Å²) in [6.45, 7) is 10.2. The molecule has 1 N–H and O–H groups in total. The van der Waals surface area contributed by atoms with E-state index in [-0.39, 0.29) is 11.9 Å². The van der Waals surface area contributed by atoms with Crippen LogP contribution >= 0.6 is 0 Å². The van der Waals surface area contributed by atoms with Crippen molar-refractivity contribution < 1.29 is 4.79 Å². The second kappa shape index (κ2) is 8.00. The highest BCUT2D eigenvalue weighted by Gasteiger charge is 2.18. The van der Waals surface area contributed by atoms with E-state index in [4.69, 9.17) is 0 Å². The van der Waals surface area contributed by atoms with Crippen molar-refractivity contribution in [2.24, 2.45) is 7.05 Å². The molecule has 0 saturated carbocycles. The Balaban J connectivity index is 1.67. The highest BCUT2D eigenvalue weighted by atomic mass is 16.1. The standard InChI is InChI=1S/C22H29N5O/c1-14-9-7-8-10-21(14)27-18(5)20(13-23-27)15(2)24-22(28)12-11-19-16(3)25-26(6)17(19)4/h7-10,13,15H,11-12H2,1-6H3,(H,24,28)/t15-/m1/s1. The van der Waals surface area contributed by atoms with Crippen LogP contribution in [0.15, 0.2) is 30.5 Å². The summed E-state index contributed by atoms with van der Waals surface area (Å²) in [7, 11) is 1.93. The highest BCUT2D eigenvalue weighted by molar-refractivity contribution is 5.76. The van der Waals surface area contributed by atoms with Gasteiger partial charge < -0.3 is 5.32 Å². The molecule has 3 rings (SSSR count). The molecule has 1 aromatic carbocycles. The molecule has 2 heterocycles. The number of nitrogens with one attached hydrogen (secondary N) is 1. The zero-order chi connectivity index (χ0) is 20.4. The van der Waals surface area contributed by atoms with Crippen LogP contribution in [0, 0.1) is 27.7 Å². The van der Waals surface area contributed by atoms with E-state index < -0.39 is 0 Å². The first kappa shape index (κ1) is 19.9. The molecule has 148 valence electrons. The van der Waals surface area contributed by atoms with Crippen LogP contribution in [-0.4, -0.2) is 25.5 Å². The summed E-state index contributed by atoms with van der Waals surface area (Å²) in [6.07, 6.45) is 3.00. The Hall–Kier alpha value is -2.89. The average molecular weight is 380 g/mol. The Kier molecular flexibility index (Phi) is 5.68. The van der Waals surface area contributed by atoms with Crippen molar-refractivity contribution in [3.05, 3.63) is 64.2 Å². The van der Waals surface area contributed by atoms with E-state index in [1.54, 1.807) is 0 Å². The fourth-order valence-corrected chi connectivity index (χ4v) is 3.70. The predicted octanol–water partition coefficient (Wildman–Crippen LogP) is 3.65. The Labute approximate surface area is 166 Å². The lowest BCUT2D eigenvalue weighted by Gasteiger charge is -2.15. The van der Waals surface area contributed by atoms with Gasteiger partial charge >= 0.3 is 0 Å². The first-order valence-corrected chi connectivity index (χ1v) is 9.68. The number of rotatable bonds is 6.